The van der Waals surface area contributed by atoms with Crippen LogP contribution in [0.5, 0.6) is 0 Å². The van der Waals surface area contributed by atoms with Crippen molar-refractivity contribution in [2.24, 2.45) is 0 Å². The number of hydrogen-bond acceptors (Lipinski definition) is 5. The fourth-order valence-corrected chi connectivity index (χ4v) is 2.67. The number of hydrogen-bond donors (Lipinski definition) is 3. The molecule has 2 aromatic rings. The Hall–Kier alpha value is -1.63. The first-order valence-electron chi connectivity index (χ1n) is 7.32. The number of carbonyl (C=O) groups is 1. The van der Waals surface area contributed by atoms with Crippen LogP contribution in [0.15, 0.2) is 22.6 Å². The van der Waals surface area contributed by atoms with E-state index in [4.69, 9.17) is 4.42 Å². The number of nitrogens with zero attached hydrogens (tertiary/aromatic N) is 1. The number of carbonyl (C=O) groups excluding carboxylic acids is 1. The molecule has 0 radical (unpaired) electrons. The summed E-state index contributed by atoms with van der Waals surface area (Å²) in [5.41, 5.74) is 2.23. The van der Waals surface area contributed by atoms with Gasteiger partial charge >= 0.3 is 0 Å². The molecular weight excluding hydrogens is 306 g/mol. The maximum absolute atomic E-state index is 12.1. The van der Waals surface area contributed by atoms with E-state index in [1.807, 2.05) is 18.2 Å². The number of aliphatic hydroxyl groups excluding tert-OH is 1. The van der Waals surface area contributed by atoms with Gasteiger partial charge in [0, 0.05) is 18.2 Å². The molecule has 2 unspecified atom stereocenters. The number of β-amino-alcohol motifs (C(OH)–C–C–N with tert-alkyl or cyclic N) is 1. The topological polar surface area (TPSA) is 87.4 Å². The zero-order valence-corrected chi connectivity index (χ0v) is 12.7. The van der Waals surface area contributed by atoms with E-state index in [2.05, 4.69) is 15.6 Å². The van der Waals surface area contributed by atoms with E-state index >= 15 is 0 Å². The average molecular weight is 324 g/mol. The van der Waals surface area contributed by atoms with Crippen molar-refractivity contribution in [3.8, 4) is 0 Å². The van der Waals surface area contributed by atoms with E-state index in [1.165, 1.54) is 0 Å². The van der Waals surface area contributed by atoms with E-state index in [-0.39, 0.29) is 24.4 Å². The second-order valence-corrected chi connectivity index (χ2v) is 5.85. The SMILES string of the molecule is Cl.O=C(Nc1ccc2oc(C3CC3)nc2c1)C1CC(O)CN1. The summed E-state index contributed by atoms with van der Waals surface area (Å²) in [6, 6.07) is 5.14. The van der Waals surface area contributed by atoms with Gasteiger partial charge in [0.25, 0.3) is 0 Å². The van der Waals surface area contributed by atoms with Crippen molar-refractivity contribution in [2.45, 2.75) is 37.3 Å². The van der Waals surface area contributed by atoms with Crippen LogP contribution in [0.2, 0.25) is 0 Å². The fourth-order valence-electron chi connectivity index (χ4n) is 2.67. The highest BCUT2D eigenvalue weighted by Gasteiger charge is 2.29. The number of oxazole rings is 1. The van der Waals surface area contributed by atoms with E-state index in [0.717, 1.165) is 29.8 Å². The van der Waals surface area contributed by atoms with Crippen molar-refractivity contribution in [1.82, 2.24) is 10.3 Å². The van der Waals surface area contributed by atoms with Gasteiger partial charge in [-0.1, -0.05) is 0 Å². The number of aromatic nitrogens is 1. The first-order chi connectivity index (χ1) is 10.2. The Balaban J connectivity index is 0.00000144. The summed E-state index contributed by atoms with van der Waals surface area (Å²) >= 11 is 0. The normalized spacial score (nSPS) is 24.2. The fraction of sp³-hybridized carbons (Fsp3) is 0.467. The molecule has 1 saturated heterocycles. The van der Waals surface area contributed by atoms with Gasteiger partial charge in [-0.3, -0.25) is 4.79 Å². The number of nitrogens with one attached hydrogen (secondary N) is 2. The third kappa shape index (κ3) is 2.95. The Labute approximate surface area is 133 Å². The van der Waals surface area contributed by atoms with Crippen LogP contribution in [-0.2, 0) is 4.79 Å². The standard InChI is InChI=1S/C15H17N3O3.ClH/c19-10-6-12(16-7-10)14(20)17-9-3-4-13-11(5-9)18-15(21-13)8-1-2-8;/h3-5,8,10,12,16,19H,1-2,6-7H2,(H,17,20);1H. The molecule has 2 fully saturated rings. The highest BCUT2D eigenvalue weighted by Crippen LogP contribution is 2.40. The maximum atomic E-state index is 12.1. The predicted molar refractivity (Wildman–Crippen MR) is 84.3 cm³/mol. The minimum atomic E-state index is -0.445. The van der Waals surface area contributed by atoms with Gasteiger partial charge in [-0.2, -0.15) is 0 Å². The molecule has 1 aliphatic carbocycles. The van der Waals surface area contributed by atoms with Crippen LogP contribution in [0.1, 0.15) is 31.1 Å². The lowest BCUT2D eigenvalue weighted by molar-refractivity contribution is -0.117. The highest BCUT2D eigenvalue weighted by molar-refractivity contribution is 5.96. The van der Waals surface area contributed by atoms with Crippen LogP contribution >= 0.6 is 12.4 Å². The van der Waals surface area contributed by atoms with Gasteiger partial charge in [0.05, 0.1) is 12.1 Å². The lowest BCUT2D eigenvalue weighted by Crippen LogP contribution is -2.35. The molecule has 1 saturated carbocycles. The van der Waals surface area contributed by atoms with E-state index < -0.39 is 6.10 Å². The van der Waals surface area contributed by atoms with E-state index in [1.54, 1.807) is 0 Å². The largest absolute Gasteiger partial charge is 0.440 e. The van der Waals surface area contributed by atoms with Gasteiger partial charge in [-0.15, -0.1) is 12.4 Å². The highest BCUT2D eigenvalue weighted by atomic mass is 35.5. The number of halogens is 1. The molecule has 1 amide bonds. The molecule has 22 heavy (non-hydrogen) atoms. The van der Waals surface area contributed by atoms with Crippen LogP contribution in [0.4, 0.5) is 5.69 Å². The Morgan fingerprint density at radius 3 is 2.91 bits per heavy atom. The van der Waals surface area contributed by atoms with Crippen LogP contribution in [0.3, 0.4) is 0 Å². The quantitative estimate of drug-likeness (QED) is 0.801. The molecular formula is C15H18ClN3O3. The summed E-state index contributed by atoms with van der Waals surface area (Å²) in [5.74, 6) is 1.14. The summed E-state index contributed by atoms with van der Waals surface area (Å²) in [7, 11) is 0. The minimum absolute atomic E-state index is 0. The van der Waals surface area contributed by atoms with Gasteiger partial charge in [0.1, 0.15) is 5.52 Å². The lowest BCUT2D eigenvalue weighted by atomic mass is 10.2. The molecule has 0 bridgehead atoms. The Bertz CT molecular complexity index is 698. The summed E-state index contributed by atoms with van der Waals surface area (Å²) in [4.78, 5) is 16.6. The molecule has 1 aliphatic heterocycles. The molecule has 0 spiro atoms. The van der Waals surface area contributed by atoms with Crippen molar-refractivity contribution in [2.75, 3.05) is 11.9 Å². The molecule has 2 aliphatic rings. The predicted octanol–water partition coefficient (Wildman–Crippen LogP) is 1.79. The Morgan fingerprint density at radius 2 is 2.23 bits per heavy atom. The van der Waals surface area contributed by atoms with Gasteiger partial charge in [-0.05, 0) is 37.5 Å². The second kappa shape index (κ2) is 5.87. The van der Waals surface area contributed by atoms with Gasteiger partial charge < -0.3 is 20.2 Å². The molecule has 4 rings (SSSR count). The average Bonchev–Trinajstić information content (AvgIpc) is 3.09. The lowest BCUT2D eigenvalue weighted by Gasteiger charge is -2.10. The zero-order chi connectivity index (χ0) is 14.4. The summed E-state index contributed by atoms with van der Waals surface area (Å²) < 4.78 is 5.70. The summed E-state index contributed by atoms with van der Waals surface area (Å²) in [6.45, 7) is 0.463. The number of fused-ring (bicyclic) bond motifs is 1. The molecule has 1 aromatic carbocycles. The Morgan fingerprint density at radius 1 is 1.41 bits per heavy atom. The number of anilines is 1. The van der Waals surface area contributed by atoms with E-state index in [0.29, 0.717) is 24.6 Å². The van der Waals surface area contributed by atoms with Crippen LogP contribution in [-0.4, -0.2) is 34.7 Å². The van der Waals surface area contributed by atoms with Crippen molar-refractivity contribution in [1.29, 1.82) is 0 Å². The summed E-state index contributed by atoms with van der Waals surface area (Å²) in [6.07, 6.45) is 2.29. The third-order valence-electron chi connectivity index (χ3n) is 4.02. The number of amides is 1. The first kappa shape index (κ1) is 15.3. The maximum Gasteiger partial charge on any atom is 0.241 e. The van der Waals surface area contributed by atoms with Crippen LogP contribution < -0.4 is 10.6 Å². The van der Waals surface area contributed by atoms with Crippen LogP contribution in [0.25, 0.3) is 11.1 Å². The zero-order valence-electron chi connectivity index (χ0n) is 11.9. The van der Waals surface area contributed by atoms with Crippen molar-refractivity contribution >= 4 is 35.1 Å². The number of aliphatic hydroxyl groups is 1. The molecule has 2 heterocycles. The monoisotopic (exact) mass is 323 g/mol. The van der Waals surface area contributed by atoms with Crippen LogP contribution in [0, 0.1) is 0 Å². The molecule has 3 N–H and O–H groups in total. The molecule has 118 valence electrons. The van der Waals surface area contributed by atoms with Gasteiger partial charge in [0.2, 0.25) is 5.91 Å². The van der Waals surface area contributed by atoms with Crippen molar-refractivity contribution in [3.05, 3.63) is 24.1 Å². The minimum Gasteiger partial charge on any atom is -0.440 e. The molecule has 6 nitrogen and oxygen atoms in total. The second-order valence-electron chi connectivity index (χ2n) is 5.85. The first-order valence-corrected chi connectivity index (χ1v) is 7.32. The van der Waals surface area contributed by atoms with Crippen molar-refractivity contribution < 1.29 is 14.3 Å². The Kier molecular flexibility index (Phi) is 4.08. The van der Waals surface area contributed by atoms with Crippen molar-refractivity contribution in [3.63, 3.8) is 0 Å². The third-order valence-corrected chi connectivity index (χ3v) is 4.02. The van der Waals surface area contributed by atoms with Gasteiger partial charge in [-0.25, -0.2) is 4.98 Å². The van der Waals surface area contributed by atoms with E-state index in [9.17, 15) is 9.90 Å². The molecule has 2 atom stereocenters. The smallest absolute Gasteiger partial charge is 0.241 e. The summed E-state index contributed by atoms with van der Waals surface area (Å²) in [5, 5.41) is 15.3. The molecule has 7 heteroatoms. The van der Waals surface area contributed by atoms with Gasteiger partial charge in [0.15, 0.2) is 11.5 Å². The molecule has 1 aromatic heterocycles. The number of benzene rings is 1. The number of rotatable bonds is 3.